The van der Waals surface area contributed by atoms with E-state index in [-0.39, 0.29) is 18.1 Å². The van der Waals surface area contributed by atoms with Crippen LogP contribution in [0.25, 0.3) is 0 Å². The number of ether oxygens (including phenoxy) is 1. The molecule has 4 heteroatoms. The molecule has 0 atom stereocenters. The zero-order valence-electron chi connectivity index (χ0n) is 11.6. The van der Waals surface area contributed by atoms with Crippen molar-refractivity contribution >= 4 is 11.5 Å². The van der Waals surface area contributed by atoms with Crippen molar-refractivity contribution < 1.29 is 13.9 Å². The van der Waals surface area contributed by atoms with E-state index in [2.05, 4.69) is 0 Å². The van der Waals surface area contributed by atoms with E-state index in [1.807, 2.05) is 29.2 Å². The quantitative estimate of drug-likeness (QED) is 0.810. The Morgan fingerprint density at radius 2 is 2.05 bits per heavy atom. The number of hydrogen-bond donors (Lipinski definition) is 0. The zero-order chi connectivity index (χ0) is 14.7. The molecule has 0 bridgehead atoms. The molecule has 0 radical (unpaired) electrons. The van der Waals surface area contributed by atoms with Crippen molar-refractivity contribution in [1.29, 1.82) is 0 Å². The number of benzene rings is 2. The predicted molar refractivity (Wildman–Crippen MR) is 79.5 cm³/mol. The molecule has 1 aliphatic heterocycles. The molecule has 3 rings (SSSR count). The fourth-order valence-corrected chi connectivity index (χ4v) is 2.49. The second-order valence-corrected chi connectivity index (χ2v) is 5.02. The third-order valence-corrected chi connectivity index (χ3v) is 3.52. The number of carbonyl (C=O) groups is 1. The number of halogens is 1. The molecule has 0 saturated carbocycles. The fourth-order valence-electron chi connectivity index (χ4n) is 2.49. The Balaban J connectivity index is 1.83. The summed E-state index contributed by atoms with van der Waals surface area (Å²) in [5, 5.41) is 0. The van der Waals surface area contributed by atoms with E-state index < -0.39 is 0 Å². The molecule has 0 N–H and O–H groups in total. The third kappa shape index (κ3) is 3.05. The summed E-state index contributed by atoms with van der Waals surface area (Å²) in [6.45, 7) is 1.61. The molecule has 1 aliphatic rings. The SMILES string of the molecule is O=C(CN1CCCOc2ccccc21)c1cccc(F)c1. The van der Waals surface area contributed by atoms with Crippen LogP contribution < -0.4 is 9.64 Å². The summed E-state index contributed by atoms with van der Waals surface area (Å²) in [6.07, 6.45) is 0.852. The lowest BCUT2D eigenvalue weighted by Gasteiger charge is -2.22. The number of rotatable bonds is 3. The van der Waals surface area contributed by atoms with E-state index in [0.717, 1.165) is 24.4 Å². The topological polar surface area (TPSA) is 29.5 Å². The van der Waals surface area contributed by atoms with Gasteiger partial charge in [0.2, 0.25) is 0 Å². The normalized spacial score (nSPS) is 14.0. The maximum absolute atomic E-state index is 13.2. The number of hydrogen-bond acceptors (Lipinski definition) is 3. The van der Waals surface area contributed by atoms with Crippen molar-refractivity contribution in [3.8, 4) is 5.75 Å². The minimum Gasteiger partial charge on any atom is -0.491 e. The van der Waals surface area contributed by atoms with E-state index in [1.54, 1.807) is 12.1 Å². The summed E-state index contributed by atoms with van der Waals surface area (Å²) < 4.78 is 18.9. The van der Waals surface area contributed by atoms with Crippen LogP contribution in [-0.2, 0) is 0 Å². The van der Waals surface area contributed by atoms with Gasteiger partial charge in [-0.15, -0.1) is 0 Å². The number of fused-ring (bicyclic) bond motifs is 1. The lowest BCUT2D eigenvalue weighted by Crippen LogP contribution is -2.30. The first-order chi connectivity index (χ1) is 10.2. The lowest BCUT2D eigenvalue weighted by atomic mass is 10.1. The molecule has 2 aromatic carbocycles. The molecule has 2 aromatic rings. The fraction of sp³-hybridized carbons (Fsp3) is 0.235. The standard InChI is InChI=1S/C17H16FNO2/c18-14-6-3-5-13(11-14)16(20)12-19-9-4-10-21-17-8-2-1-7-15(17)19/h1-3,5-8,11H,4,9-10,12H2. The highest BCUT2D eigenvalue weighted by Gasteiger charge is 2.19. The van der Waals surface area contributed by atoms with Gasteiger partial charge in [0.15, 0.2) is 5.78 Å². The Hall–Kier alpha value is -2.36. The maximum Gasteiger partial charge on any atom is 0.182 e. The van der Waals surface area contributed by atoms with Crippen molar-refractivity contribution in [1.82, 2.24) is 0 Å². The van der Waals surface area contributed by atoms with Gasteiger partial charge in [0, 0.05) is 12.1 Å². The molecule has 0 aliphatic carbocycles. The monoisotopic (exact) mass is 285 g/mol. The molecule has 0 spiro atoms. The number of anilines is 1. The number of ketones is 1. The minimum atomic E-state index is -0.388. The molecule has 0 unspecified atom stereocenters. The van der Waals surface area contributed by atoms with E-state index in [0.29, 0.717) is 12.2 Å². The number of Topliss-reactive ketones (excluding diaryl/α,β-unsaturated/α-hetero) is 1. The van der Waals surface area contributed by atoms with Crippen LogP contribution in [0.5, 0.6) is 5.75 Å². The van der Waals surface area contributed by atoms with Crippen LogP contribution >= 0.6 is 0 Å². The van der Waals surface area contributed by atoms with Crippen LogP contribution in [0.3, 0.4) is 0 Å². The maximum atomic E-state index is 13.2. The average molecular weight is 285 g/mol. The van der Waals surface area contributed by atoms with Crippen molar-refractivity contribution in [3.63, 3.8) is 0 Å². The third-order valence-electron chi connectivity index (χ3n) is 3.52. The predicted octanol–water partition coefficient (Wildman–Crippen LogP) is 3.30. The molecule has 21 heavy (non-hydrogen) atoms. The van der Waals surface area contributed by atoms with Gasteiger partial charge in [-0.1, -0.05) is 24.3 Å². The Bertz CT molecular complexity index is 657. The number of para-hydroxylation sites is 2. The first-order valence-electron chi connectivity index (χ1n) is 6.99. The number of carbonyl (C=O) groups excluding carboxylic acids is 1. The molecule has 0 amide bonds. The summed E-state index contributed by atoms with van der Waals surface area (Å²) >= 11 is 0. The van der Waals surface area contributed by atoms with Crippen molar-refractivity contribution in [2.24, 2.45) is 0 Å². The van der Waals surface area contributed by atoms with Gasteiger partial charge in [-0.2, -0.15) is 0 Å². The van der Waals surface area contributed by atoms with E-state index in [1.165, 1.54) is 12.1 Å². The molecule has 1 heterocycles. The highest BCUT2D eigenvalue weighted by molar-refractivity contribution is 5.99. The summed E-state index contributed by atoms with van der Waals surface area (Å²) in [5.74, 6) is 0.314. The van der Waals surface area contributed by atoms with Gasteiger partial charge in [0.1, 0.15) is 11.6 Å². The number of nitrogens with zero attached hydrogens (tertiary/aromatic N) is 1. The zero-order valence-corrected chi connectivity index (χ0v) is 11.6. The molecule has 0 saturated heterocycles. The van der Waals surface area contributed by atoms with Gasteiger partial charge in [-0.05, 0) is 30.7 Å². The smallest absolute Gasteiger partial charge is 0.182 e. The van der Waals surface area contributed by atoms with Gasteiger partial charge in [0.05, 0.1) is 18.8 Å². The first kappa shape index (κ1) is 13.6. The van der Waals surface area contributed by atoms with Gasteiger partial charge in [-0.25, -0.2) is 4.39 Å². The molecule has 0 aromatic heterocycles. The second-order valence-electron chi connectivity index (χ2n) is 5.02. The van der Waals surface area contributed by atoms with Crippen LogP contribution in [0, 0.1) is 5.82 Å². The highest BCUT2D eigenvalue weighted by atomic mass is 19.1. The molecule has 3 nitrogen and oxygen atoms in total. The molecule has 108 valence electrons. The summed E-state index contributed by atoms with van der Waals surface area (Å²) in [5.41, 5.74) is 1.32. The Kier molecular flexibility index (Phi) is 3.86. The lowest BCUT2D eigenvalue weighted by molar-refractivity contribution is 0.0998. The van der Waals surface area contributed by atoms with Crippen LogP contribution in [0.4, 0.5) is 10.1 Å². The van der Waals surface area contributed by atoms with Crippen LogP contribution in [0.15, 0.2) is 48.5 Å². The van der Waals surface area contributed by atoms with Crippen molar-refractivity contribution in [3.05, 3.63) is 59.9 Å². The van der Waals surface area contributed by atoms with Crippen LogP contribution in [0.1, 0.15) is 16.8 Å². The highest BCUT2D eigenvalue weighted by Crippen LogP contribution is 2.30. The molecular formula is C17H16FNO2. The van der Waals surface area contributed by atoms with Crippen LogP contribution in [0.2, 0.25) is 0 Å². The largest absolute Gasteiger partial charge is 0.491 e. The minimum absolute atomic E-state index is 0.0915. The molecule has 0 fully saturated rings. The van der Waals surface area contributed by atoms with Crippen molar-refractivity contribution in [2.45, 2.75) is 6.42 Å². The van der Waals surface area contributed by atoms with E-state index in [4.69, 9.17) is 4.74 Å². The Morgan fingerprint density at radius 3 is 2.90 bits per heavy atom. The van der Waals surface area contributed by atoms with Crippen LogP contribution in [-0.4, -0.2) is 25.5 Å². The summed E-state index contributed by atoms with van der Waals surface area (Å²) in [7, 11) is 0. The van der Waals surface area contributed by atoms with Gasteiger partial charge in [-0.3, -0.25) is 4.79 Å². The summed E-state index contributed by atoms with van der Waals surface area (Å²) in [6, 6.07) is 13.5. The Labute approximate surface area is 123 Å². The van der Waals surface area contributed by atoms with E-state index >= 15 is 0 Å². The Morgan fingerprint density at radius 1 is 1.19 bits per heavy atom. The molecular weight excluding hydrogens is 269 g/mol. The first-order valence-corrected chi connectivity index (χ1v) is 6.99. The van der Waals surface area contributed by atoms with Gasteiger partial charge >= 0.3 is 0 Å². The van der Waals surface area contributed by atoms with Crippen molar-refractivity contribution in [2.75, 3.05) is 24.6 Å². The summed E-state index contributed by atoms with van der Waals surface area (Å²) in [4.78, 5) is 14.3. The second kappa shape index (κ2) is 5.95. The van der Waals surface area contributed by atoms with Gasteiger partial charge < -0.3 is 9.64 Å². The average Bonchev–Trinajstić information content (AvgIpc) is 2.70. The van der Waals surface area contributed by atoms with E-state index in [9.17, 15) is 9.18 Å². The van der Waals surface area contributed by atoms with Gasteiger partial charge in [0.25, 0.3) is 0 Å².